The lowest BCUT2D eigenvalue weighted by Crippen LogP contribution is -2.55. The zero-order valence-corrected chi connectivity index (χ0v) is 20.6. The van der Waals surface area contributed by atoms with Gasteiger partial charge in [-0.3, -0.25) is 0 Å². The Labute approximate surface area is 220 Å². The van der Waals surface area contributed by atoms with Crippen LogP contribution in [0.1, 0.15) is 37.5 Å². The zero-order valence-electron chi connectivity index (χ0n) is 20.6. The number of benzene rings is 1. The number of esters is 1. The Bertz CT molecular complexity index is 1030. The number of aliphatic hydroxyl groups is 2. The van der Waals surface area contributed by atoms with Crippen molar-refractivity contribution in [3.05, 3.63) is 53.6 Å². The molecule has 0 saturated carbocycles. The van der Waals surface area contributed by atoms with Gasteiger partial charge in [0, 0.05) is 11.1 Å². The molecule has 0 aliphatic rings. The van der Waals surface area contributed by atoms with Gasteiger partial charge in [-0.05, 0) is 44.5 Å². The smallest absolute Gasteiger partial charge is 0.430 e. The van der Waals surface area contributed by atoms with Gasteiger partial charge in [-0.2, -0.15) is 65.9 Å². The van der Waals surface area contributed by atoms with Crippen LogP contribution < -0.4 is 0 Å². The van der Waals surface area contributed by atoms with E-state index in [0.29, 0.717) is 6.08 Å². The van der Waals surface area contributed by atoms with E-state index in [1.54, 1.807) is 0 Å². The summed E-state index contributed by atoms with van der Waals surface area (Å²) in [5.74, 6) is -1.43. The molecule has 0 aliphatic heterocycles. The van der Waals surface area contributed by atoms with Crippen molar-refractivity contribution in [2.75, 3.05) is 0 Å². The summed E-state index contributed by atoms with van der Waals surface area (Å²) < 4.78 is 195. The largest absolute Gasteiger partial charge is 0.456 e. The summed E-state index contributed by atoms with van der Waals surface area (Å²) in [5, 5.41) is 18.5. The number of ether oxygens (including phenoxy) is 1. The lowest BCUT2D eigenvalue weighted by molar-refractivity contribution is -0.378. The minimum Gasteiger partial charge on any atom is -0.456 e. The molecule has 1 rings (SSSR count). The van der Waals surface area contributed by atoms with Gasteiger partial charge >= 0.3 is 36.9 Å². The molecule has 2 N–H and O–H groups in total. The van der Waals surface area contributed by atoms with Crippen LogP contribution in [0.2, 0.25) is 0 Å². The van der Waals surface area contributed by atoms with Gasteiger partial charge in [-0.1, -0.05) is 19.2 Å². The van der Waals surface area contributed by atoms with Crippen LogP contribution in [0.4, 0.5) is 65.9 Å². The second kappa shape index (κ2) is 11.4. The van der Waals surface area contributed by atoms with Crippen LogP contribution in [-0.4, -0.2) is 52.7 Å². The SMILES string of the molecule is C=C(C(=O)OC(C)(C)C)C(F)(F)F.C=Cc1cc(C(O)(C(F)(F)F)C(F)(F)F)cc(C(O)(C(F)(F)F)C(F)(F)F)c1. The van der Waals surface area contributed by atoms with Gasteiger partial charge < -0.3 is 14.9 Å². The molecule has 41 heavy (non-hydrogen) atoms. The monoisotopic (exact) mass is 632 g/mol. The number of alkyl halides is 15. The van der Waals surface area contributed by atoms with Crippen LogP contribution >= 0.6 is 0 Å². The van der Waals surface area contributed by atoms with E-state index in [1.165, 1.54) is 20.8 Å². The first-order chi connectivity index (χ1) is 17.7. The Morgan fingerprint density at radius 3 is 1.17 bits per heavy atom. The molecule has 236 valence electrons. The summed E-state index contributed by atoms with van der Waals surface area (Å²) in [5.41, 5.74) is -20.0. The second-order valence-corrected chi connectivity index (χ2v) is 8.94. The molecular formula is C22H19F15O4. The molecule has 0 bridgehead atoms. The van der Waals surface area contributed by atoms with Crippen molar-refractivity contribution in [3.63, 3.8) is 0 Å². The average molecular weight is 632 g/mol. The molecular weight excluding hydrogens is 613 g/mol. The highest BCUT2D eigenvalue weighted by Crippen LogP contribution is 2.54. The van der Waals surface area contributed by atoms with Gasteiger partial charge in [0.25, 0.3) is 11.2 Å². The fourth-order valence-corrected chi connectivity index (χ4v) is 2.62. The number of hydrogen-bond acceptors (Lipinski definition) is 4. The first-order valence-corrected chi connectivity index (χ1v) is 10.2. The molecule has 0 aliphatic carbocycles. The highest BCUT2D eigenvalue weighted by atomic mass is 19.4. The highest BCUT2D eigenvalue weighted by molar-refractivity contribution is 5.89. The standard InChI is InChI=1S/C14H8F12O2.C8H11F3O2/c1-2-6-3-7(9(27,11(15,16)17)12(18,19)20)5-8(4-6)10(28,13(21,22)23)14(24,25)26;1-5(8(9,10)11)6(12)13-7(2,3)4/h2-5,27-28H,1H2;1H2,2-4H3. The Kier molecular flexibility index (Phi) is 10.6. The Morgan fingerprint density at radius 2 is 0.976 bits per heavy atom. The zero-order chi connectivity index (χ0) is 33.4. The van der Waals surface area contributed by atoms with Crippen molar-refractivity contribution in [2.24, 2.45) is 0 Å². The maximum Gasteiger partial charge on any atom is 0.430 e. The Morgan fingerprint density at radius 1 is 0.683 bits per heavy atom. The first kappa shape index (κ1) is 38.0. The molecule has 0 unspecified atom stereocenters. The fourth-order valence-electron chi connectivity index (χ4n) is 2.62. The molecule has 19 heteroatoms. The lowest BCUT2D eigenvalue weighted by atomic mass is 9.84. The summed E-state index contributed by atoms with van der Waals surface area (Å²) in [6.45, 7) is 9.89. The van der Waals surface area contributed by atoms with Gasteiger partial charge in [0.05, 0.1) is 0 Å². The van der Waals surface area contributed by atoms with Crippen LogP contribution in [0, 0.1) is 0 Å². The average Bonchev–Trinajstić information content (AvgIpc) is 2.72. The molecule has 0 atom stereocenters. The van der Waals surface area contributed by atoms with E-state index in [0.717, 1.165) is 0 Å². The fraction of sp³-hybridized carbons (Fsp3) is 0.500. The van der Waals surface area contributed by atoms with Crippen LogP contribution in [0.5, 0.6) is 0 Å². The minimum absolute atomic E-state index is 0.162. The molecule has 0 aromatic heterocycles. The van der Waals surface area contributed by atoms with E-state index in [1.807, 2.05) is 0 Å². The van der Waals surface area contributed by atoms with Gasteiger partial charge in [0.2, 0.25) is 0 Å². The van der Waals surface area contributed by atoms with Crippen molar-refractivity contribution in [3.8, 4) is 0 Å². The molecule has 0 radical (unpaired) electrons. The van der Waals surface area contributed by atoms with Crippen molar-refractivity contribution in [1.29, 1.82) is 0 Å². The van der Waals surface area contributed by atoms with Crippen LogP contribution in [-0.2, 0) is 20.7 Å². The summed E-state index contributed by atoms with van der Waals surface area (Å²) in [6.07, 6.45) is -30.7. The van der Waals surface area contributed by atoms with Crippen LogP contribution in [0.25, 0.3) is 6.08 Å². The maximum atomic E-state index is 12.9. The molecule has 0 heterocycles. The molecule has 4 nitrogen and oxygen atoms in total. The third kappa shape index (κ3) is 8.30. The van der Waals surface area contributed by atoms with Crippen LogP contribution in [0.3, 0.4) is 0 Å². The predicted molar refractivity (Wildman–Crippen MR) is 110 cm³/mol. The summed E-state index contributed by atoms with van der Waals surface area (Å²) >= 11 is 0. The Balaban J connectivity index is 0.00000103. The minimum atomic E-state index is -6.59. The summed E-state index contributed by atoms with van der Waals surface area (Å²) in [6, 6.07) is -1.19. The maximum absolute atomic E-state index is 12.9. The van der Waals surface area contributed by atoms with E-state index in [9.17, 15) is 80.9 Å². The van der Waals surface area contributed by atoms with Crippen molar-refractivity contribution < 1.29 is 85.6 Å². The number of rotatable bonds is 4. The van der Waals surface area contributed by atoms with E-state index >= 15 is 0 Å². The normalized spacial score (nSPS) is 14.1. The van der Waals surface area contributed by atoms with Crippen molar-refractivity contribution in [1.82, 2.24) is 0 Å². The van der Waals surface area contributed by atoms with Gasteiger partial charge in [-0.15, -0.1) is 0 Å². The third-order valence-corrected chi connectivity index (χ3v) is 4.66. The lowest BCUT2D eigenvalue weighted by Gasteiger charge is -2.36. The first-order valence-electron chi connectivity index (χ1n) is 10.2. The number of carbonyl (C=O) groups excluding carboxylic acids is 1. The van der Waals surface area contributed by atoms with E-state index in [4.69, 9.17) is 0 Å². The van der Waals surface area contributed by atoms with Crippen molar-refractivity contribution >= 4 is 12.0 Å². The highest BCUT2D eigenvalue weighted by Gasteiger charge is 2.74. The van der Waals surface area contributed by atoms with E-state index in [2.05, 4.69) is 17.9 Å². The van der Waals surface area contributed by atoms with Gasteiger partial charge in [0.1, 0.15) is 11.2 Å². The van der Waals surface area contributed by atoms with E-state index in [-0.39, 0.29) is 12.1 Å². The van der Waals surface area contributed by atoms with E-state index < -0.39 is 82.0 Å². The van der Waals surface area contributed by atoms with Gasteiger partial charge in [-0.25, -0.2) is 4.79 Å². The molecule has 0 spiro atoms. The third-order valence-electron chi connectivity index (χ3n) is 4.66. The molecule has 1 aromatic carbocycles. The topological polar surface area (TPSA) is 66.8 Å². The number of carbonyl (C=O) groups is 1. The second-order valence-electron chi connectivity index (χ2n) is 8.94. The molecule has 0 fully saturated rings. The Hall–Kier alpha value is -2.96. The molecule has 1 aromatic rings. The quantitative estimate of drug-likeness (QED) is 0.206. The summed E-state index contributed by atoms with van der Waals surface area (Å²) in [7, 11) is 0. The van der Waals surface area contributed by atoms with Crippen LogP contribution in [0.15, 0.2) is 36.9 Å². The number of hydrogen-bond donors (Lipinski definition) is 2. The van der Waals surface area contributed by atoms with Gasteiger partial charge in [0.15, 0.2) is 0 Å². The van der Waals surface area contributed by atoms with Crippen molar-refractivity contribution in [2.45, 2.75) is 68.5 Å². The molecule has 0 amide bonds. The predicted octanol–water partition coefficient (Wildman–Crippen LogP) is 7.40. The molecule has 0 saturated heterocycles. The number of halogens is 15. The summed E-state index contributed by atoms with van der Waals surface area (Å²) in [4.78, 5) is 10.8.